The summed E-state index contributed by atoms with van der Waals surface area (Å²) in [7, 11) is 0. The van der Waals surface area contributed by atoms with Gasteiger partial charge in [0, 0.05) is 30.4 Å². The molecule has 1 amide bonds. The third-order valence-electron chi connectivity index (χ3n) is 4.33. The Balaban J connectivity index is 1.41. The third-order valence-corrected chi connectivity index (χ3v) is 5.55. The minimum absolute atomic E-state index is 0.250. The van der Waals surface area contributed by atoms with Gasteiger partial charge in [-0.05, 0) is 56.7 Å². The Morgan fingerprint density at radius 1 is 1.38 bits per heavy atom. The molecule has 1 unspecified atom stereocenters. The molecule has 116 valence electrons. The Kier molecular flexibility index (Phi) is 5.19. The Morgan fingerprint density at radius 2 is 2.24 bits per heavy atom. The van der Waals surface area contributed by atoms with Gasteiger partial charge >= 0.3 is 0 Å². The van der Waals surface area contributed by atoms with Crippen LogP contribution >= 0.6 is 22.9 Å². The van der Waals surface area contributed by atoms with Crippen LogP contribution in [0.15, 0.2) is 12.1 Å². The second-order valence-corrected chi connectivity index (χ2v) is 8.13. The van der Waals surface area contributed by atoms with Gasteiger partial charge in [-0.2, -0.15) is 0 Å². The van der Waals surface area contributed by atoms with Crippen molar-refractivity contribution in [1.82, 2.24) is 10.2 Å². The molecule has 1 N–H and O–H groups in total. The van der Waals surface area contributed by atoms with Crippen LogP contribution in [-0.4, -0.2) is 29.9 Å². The van der Waals surface area contributed by atoms with Crippen molar-refractivity contribution in [2.45, 2.75) is 51.1 Å². The van der Waals surface area contributed by atoms with Gasteiger partial charge in [-0.15, -0.1) is 11.3 Å². The van der Waals surface area contributed by atoms with E-state index in [2.05, 4.69) is 16.3 Å². The highest BCUT2D eigenvalue weighted by molar-refractivity contribution is 7.16. The maximum atomic E-state index is 11.8. The van der Waals surface area contributed by atoms with Gasteiger partial charge in [-0.3, -0.25) is 9.69 Å². The summed E-state index contributed by atoms with van der Waals surface area (Å²) in [4.78, 5) is 15.6. The van der Waals surface area contributed by atoms with E-state index < -0.39 is 0 Å². The number of nitrogens with zero attached hydrogens (tertiary/aromatic N) is 1. The lowest BCUT2D eigenvalue weighted by Crippen LogP contribution is -2.35. The Hall–Kier alpha value is -0.580. The quantitative estimate of drug-likeness (QED) is 0.865. The van der Waals surface area contributed by atoms with Crippen molar-refractivity contribution in [3.8, 4) is 0 Å². The molecule has 1 aromatic rings. The highest BCUT2D eigenvalue weighted by atomic mass is 35.5. The van der Waals surface area contributed by atoms with Crippen LogP contribution in [-0.2, 0) is 11.3 Å². The van der Waals surface area contributed by atoms with Gasteiger partial charge in [0.15, 0.2) is 0 Å². The van der Waals surface area contributed by atoms with E-state index in [0.717, 1.165) is 23.8 Å². The molecule has 0 aromatic carbocycles. The molecule has 21 heavy (non-hydrogen) atoms. The van der Waals surface area contributed by atoms with Crippen LogP contribution in [0.4, 0.5) is 0 Å². The van der Waals surface area contributed by atoms with E-state index >= 15 is 0 Å². The Labute approximate surface area is 135 Å². The molecule has 0 bridgehead atoms. The number of hydrogen-bond acceptors (Lipinski definition) is 3. The van der Waals surface area contributed by atoms with Crippen LogP contribution in [0.3, 0.4) is 0 Å². The highest BCUT2D eigenvalue weighted by Crippen LogP contribution is 2.26. The number of likely N-dealkylation sites (tertiary alicyclic amines) is 1. The molecule has 1 saturated heterocycles. The van der Waals surface area contributed by atoms with Crippen LogP contribution in [0.5, 0.6) is 0 Å². The monoisotopic (exact) mass is 326 g/mol. The first-order valence-corrected chi connectivity index (χ1v) is 9.14. The third kappa shape index (κ3) is 4.97. The number of nitrogens with one attached hydrogen (secondary N) is 1. The molecule has 1 aliphatic heterocycles. The highest BCUT2D eigenvalue weighted by Gasteiger charge is 2.25. The van der Waals surface area contributed by atoms with Gasteiger partial charge in [0.25, 0.3) is 0 Å². The van der Waals surface area contributed by atoms with Gasteiger partial charge in [-0.25, -0.2) is 0 Å². The maximum Gasteiger partial charge on any atom is 0.220 e. The van der Waals surface area contributed by atoms with Crippen molar-refractivity contribution in [2.75, 3.05) is 13.1 Å². The van der Waals surface area contributed by atoms with Crippen molar-refractivity contribution in [3.63, 3.8) is 0 Å². The summed E-state index contributed by atoms with van der Waals surface area (Å²) in [6, 6.07) is 4.59. The van der Waals surface area contributed by atoms with Crippen molar-refractivity contribution < 1.29 is 4.79 Å². The molecule has 5 heteroatoms. The first-order chi connectivity index (χ1) is 10.2. The minimum Gasteiger partial charge on any atom is -0.353 e. The molecular weight excluding hydrogens is 304 g/mol. The molecule has 3 rings (SSSR count). The smallest absolute Gasteiger partial charge is 0.220 e. The van der Waals surface area contributed by atoms with E-state index in [0.29, 0.717) is 18.4 Å². The number of halogens is 1. The van der Waals surface area contributed by atoms with Crippen LogP contribution in [0, 0.1) is 5.92 Å². The fourth-order valence-electron chi connectivity index (χ4n) is 3.05. The molecule has 1 aliphatic carbocycles. The average Bonchev–Trinajstić information content (AvgIpc) is 3.18. The zero-order valence-electron chi connectivity index (χ0n) is 12.3. The SMILES string of the molecule is O=C(CCC1CCCN(Cc2ccc(Cl)s2)C1)NC1CC1. The number of rotatable bonds is 6. The predicted octanol–water partition coefficient (Wildman–Crippen LogP) is 3.67. The van der Waals surface area contributed by atoms with Crippen molar-refractivity contribution in [2.24, 2.45) is 5.92 Å². The fourth-order valence-corrected chi connectivity index (χ4v) is 4.18. The topological polar surface area (TPSA) is 32.3 Å². The summed E-state index contributed by atoms with van der Waals surface area (Å²) >= 11 is 7.67. The summed E-state index contributed by atoms with van der Waals surface area (Å²) in [5.74, 6) is 0.916. The van der Waals surface area contributed by atoms with E-state index in [1.807, 2.05) is 6.07 Å². The number of amides is 1. The van der Waals surface area contributed by atoms with Crippen LogP contribution in [0.25, 0.3) is 0 Å². The second kappa shape index (κ2) is 7.12. The van der Waals surface area contributed by atoms with Gasteiger partial charge < -0.3 is 5.32 Å². The number of thiophene rings is 1. The summed E-state index contributed by atoms with van der Waals surface area (Å²) in [6.07, 6.45) is 6.57. The molecule has 1 saturated carbocycles. The summed E-state index contributed by atoms with van der Waals surface area (Å²) in [6.45, 7) is 3.29. The van der Waals surface area contributed by atoms with E-state index in [-0.39, 0.29) is 5.91 Å². The van der Waals surface area contributed by atoms with Crippen molar-refractivity contribution in [3.05, 3.63) is 21.3 Å². The van der Waals surface area contributed by atoms with Crippen molar-refractivity contribution >= 4 is 28.8 Å². The molecule has 0 spiro atoms. The molecule has 3 nitrogen and oxygen atoms in total. The summed E-state index contributed by atoms with van der Waals surface area (Å²) in [5, 5.41) is 3.08. The Morgan fingerprint density at radius 3 is 2.95 bits per heavy atom. The van der Waals surface area contributed by atoms with Crippen LogP contribution < -0.4 is 5.32 Å². The van der Waals surface area contributed by atoms with Crippen LogP contribution in [0.2, 0.25) is 4.34 Å². The molecular formula is C16H23ClN2OS. The molecule has 2 heterocycles. The second-order valence-electron chi connectivity index (χ2n) is 6.33. The lowest BCUT2D eigenvalue weighted by molar-refractivity contribution is -0.121. The lowest BCUT2D eigenvalue weighted by atomic mass is 9.93. The molecule has 1 atom stereocenters. The molecule has 1 aromatic heterocycles. The maximum absolute atomic E-state index is 11.8. The zero-order chi connectivity index (χ0) is 14.7. The number of piperidine rings is 1. The number of hydrogen-bond donors (Lipinski definition) is 1. The van der Waals surface area contributed by atoms with Crippen molar-refractivity contribution in [1.29, 1.82) is 0 Å². The fraction of sp³-hybridized carbons (Fsp3) is 0.688. The summed E-state index contributed by atoms with van der Waals surface area (Å²) < 4.78 is 0.871. The Bertz CT molecular complexity index is 486. The standard InChI is InChI=1S/C16H23ClN2OS/c17-15-7-6-14(21-15)11-19-9-1-2-12(10-19)3-8-16(20)18-13-4-5-13/h6-7,12-13H,1-5,8-11H2,(H,18,20). The van der Waals surface area contributed by atoms with E-state index in [9.17, 15) is 4.79 Å². The molecule has 2 aliphatic rings. The van der Waals surface area contributed by atoms with Gasteiger partial charge in [0.1, 0.15) is 0 Å². The first kappa shape index (κ1) is 15.3. The normalized spacial score (nSPS) is 23.2. The van der Waals surface area contributed by atoms with Gasteiger partial charge in [0.05, 0.1) is 4.34 Å². The van der Waals surface area contributed by atoms with E-state index in [1.54, 1.807) is 11.3 Å². The van der Waals surface area contributed by atoms with Crippen LogP contribution in [0.1, 0.15) is 43.4 Å². The lowest BCUT2D eigenvalue weighted by Gasteiger charge is -2.32. The van der Waals surface area contributed by atoms with Gasteiger partial charge in [0.2, 0.25) is 5.91 Å². The van der Waals surface area contributed by atoms with E-state index in [1.165, 1.54) is 37.1 Å². The first-order valence-electron chi connectivity index (χ1n) is 7.95. The predicted molar refractivity (Wildman–Crippen MR) is 87.7 cm³/mol. The minimum atomic E-state index is 0.250. The van der Waals surface area contributed by atoms with Gasteiger partial charge in [-0.1, -0.05) is 11.6 Å². The number of carbonyl (C=O) groups is 1. The summed E-state index contributed by atoms with van der Waals surface area (Å²) in [5.41, 5.74) is 0. The van der Waals surface area contributed by atoms with E-state index in [4.69, 9.17) is 11.6 Å². The largest absolute Gasteiger partial charge is 0.353 e. The molecule has 0 radical (unpaired) electrons. The number of carbonyl (C=O) groups excluding carboxylic acids is 1. The molecule has 2 fully saturated rings. The average molecular weight is 327 g/mol. The zero-order valence-corrected chi connectivity index (χ0v) is 13.9.